The third-order valence-electron chi connectivity index (χ3n) is 2.69. The molecule has 0 aromatic carbocycles. The smallest absolute Gasteiger partial charge is 0.326 e. The summed E-state index contributed by atoms with van der Waals surface area (Å²) < 4.78 is 1.80. The molecule has 1 rings (SSSR count). The van der Waals surface area contributed by atoms with E-state index < -0.39 is 12.0 Å². The Morgan fingerprint density at radius 3 is 2.94 bits per heavy atom. The van der Waals surface area contributed by atoms with Crippen LogP contribution in [0.1, 0.15) is 32.0 Å². The maximum absolute atomic E-state index is 10.8. The summed E-state index contributed by atoms with van der Waals surface area (Å²) in [4.78, 5) is 21.1. The predicted octanol–water partition coefficient (Wildman–Crippen LogP) is 0.596. The number of amides is 1. The molecule has 1 heterocycles. The number of hydrogen-bond donors (Lipinski definition) is 2. The summed E-state index contributed by atoms with van der Waals surface area (Å²) in [6, 6.07) is 1.13. The zero-order chi connectivity index (χ0) is 12.8. The van der Waals surface area contributed by atoms with Gasteiger partial charge >= 0.3 is 5.97 Å². The van der Waals surface area contributed by atoms with E-state index in [1.165, 1.54) is 0 Å². The van der Waals surface area contributed by atoms with Crippen LogP contribution in [-0.2, 0) is 16.0 Å². The van der Waals surface area contributed by atoms with Gasteiger partial charge in [0.2, 0.25) is 6.41 Å². The minimum absolute atomic E-state index is 0.192. The number of nitrogens with one attached hydrogen (secondary N) is 1. The summed E-state index contributed by atoms with van der Waals surface area (Å²) in [6.07, 6.45) is 3.36. The van der Waals surface area contributed by atoms with Gasteiger partial charge in [-0.2, -0.15) is 5.10 Å². The highest BCUT2D eigenvalue weighted by Crippen LogP contribution is 2.10. The Bertz CT molecular complexity index is 389. The van der Waals surface area contributed by atoms with Crippen LogP contribution in [0, 0.1) is 0 Å². The fourth-order valence-electron chi connectivity index (χ4n) is 1.43. The molecule has 2 atom stereocenters. The van der Waals surface area contributed by atoms with Crippen LogP contribution in [0.15, 0.2) is 12.3 Å². The lowest BCUT2D eigenvalue weighted by molar-refractivity contribution is -0.140. The average molecular weight is 239 g/mol. The topological polar surface area (TPSA) is 84.2 Å². The summed E-state index contributed by atoms with van der Waals surface area (Å²) in [5.74, 6) is -1.06. The maximum atomic E-state index is 10.8. The lowest BCUT2D eigenvalue weighted by Crippen LogP contribution is -2.37. The molecule has 2 N–H and O–H groups in total. The Balaban J connectivity index is 2.70. The molecule has 0 saturated carbocycles. The SMILES string of the molecule is CCC(C)n1ccc(CC(NC=O)C(=O)O)n1. The van der Waals surface area contributed by atoms with E-state index in [1.807, 2.05) is 13.1 Å². The molecule has 0 aliphatic heterocycles. The monoisotopic (exact) mass is 239 g/mol. The van der Waals surface area contributed by atoms with E-state index in [2.05, 4.69) is 17.3 Å². The maximum Gasteiger partial charge on any atom is 0.326 e. The van der Waals surface area contributed by atoms with Gasteiger partial charge in [0, 0.05) is 18.7 Å². The second-order valence-electron chi connectivity index (χ2n) is 3.92. The third-order valence-corrected chi connectivity index (χ3v) is 2.69. The van der Waals surface area contributed by atoms with Gasteiger partial charge in [-0.25, -0.2) is 4.79 Å². The number of carboxylic acids is 1. The van der Waals surface area contributed by atoms with Crippen molar-refractivity contribution in [2.24, 2.45) is 0 Å². The van der Waals surface area contributed by atoms with Crippen LogP contribution in [0.3, 0.4) is 0 Å². The molecule has 0 fully saturated rings. The number of aromatic nitrogens is 2. The second kappa shape index (κ2) is 6.03. The summed E-state index contributed by atoms with van der Waals surface area (Å²) in [5.41, 5.74) is 0.659. The molecule has 0 spiro atoms. The molecule has 1 aromatic rings. The van der Waals surface area contributed by atoms with Crippen molar-refractivity contribution < 1.29 is 14.7 Å². The van der Waals surface area contributed by atoms with E-state index in [0.29, 0.717) is 12.1 Å². The lowest BCUT2D eigenvalue weighted by Gasteiger charge is -2.10. The summed E-state index contributed by atoms with van der Waals surface area (Å²) >= 11 is 0. The van der Waals surface area contributed by atoms with Crippen molar-refractivity contribution in [1.82, 2.24) is 15.1 Å². The largest absolute Gasteiger partial charge is 0.480 e. The molecule has 0 bridgehead atoms. The first-order chi connectivity index (χ1) is 8.08. The first kappa shape index (κ1) is 13.2. The number of carbonyl (C=O) groups excluding carboxylic acids is 1. The number of rotatable bonds is 7. The van der Waals surface area contributed by atoms with Crippen molar-refractivity contribution in [2.45, 2.75) is 38.8 Å². The van der Waals surface area contributed by atoms with E-state index in [9.17, 15) is 9.59 Å². The van der Waals surface area contributed by atoms with Gasteiger partial charge in [0.15, 0.2) is 0 Å². The molecule has 6 nitrogen and oxygen atoms in total. The highest BCUT2D eigenvalue weighted by molar-refractivity contribution is 5.76. The van der Waals surface area contributed by atoms with Gasteiger partial charge in [-0.1, -0.05) is 6.92 Å². The molecule has 94 valence electrons. The van der Waals surface area contributed by atoms with Crippen LogP contribution in [0.5, 0.6) is 0 Å². The van der Waals surface area contributed by atoms with Crippen molar-refractivity contribution >= 4 is 12.4 Å². The Morgan fingerprint density at radius 2 is 2.41 bits per heavy atom. The standard InChI is InChI=1S/C11H17N3O3/c1-3-8(2)14-5-4-9(13-14)6-10(11(16)17)12-7-15/h4-5,7-8,10H,3,6H2,1-2H3,(H,12,15)(H,16,17). The predicted molar refractivity (Wildman–Crippen MR) is 61.6 cm³/mol. The van der Waals surface area contributed by atoms with Gasteiger partial charge in [-0.15, -0.1) is 0 Å². The summed E-state index contributed by atoms with van der Waals surface area (Å²) in [5, 5.41) is 15.4. The van der Waals surface area contributed by atoms with E-state index in [1.54, 1.807) is 10.7 Å². The molecule has 0 aliphatic carbocycles. The van der Waals surface area contributed by atoms with Gasteiger partial charge in [0.1, 0.15) is 6.04 Å². The van der Waals surface area contributed by atoms with E-state index in [-0.39, 0.29) is 12.5 Å². The highest BCUT2D eigenvalue weighted by atomic mass is 16.4. The molecule has 17 heavy (non-hydrogen) atoms. The molecule has 0 radical (unpaired) electrons. The number of carbonyl (C=O) groups is 2. The van der Waals surface area contributed by atoms with Crippen LogP contribution in [0.25, 0.3) is 0 Å². The van der Waals surface area contributed by atoms with Gasteiger partial charge in [-0.05, 0) is 19.4 Å². The van der Waals surface area contributed by atoms with Gasteiger partial charge in [-0.3, -0.25) is 9.48 Å². The zero-order valence-corrected chi connectivity index (χ0v) is 9.96. The number of aliphatic carboxylic acids is 1. The number of nitrogens with zero attached hydrogens (tertiary/aromatic N) is 2. The Kier molecular flexibility index (Phi) is 4.68. The Hall–Kier alpha value is -1.85. The highest BCUT2D eigenvalue weighted by Gasteiger charge is 2.18. The number of hydrogen-bond acceptors (Lipinski definition) is 3. The van der Waals surface area contributed by atoms with Crippen molar-refractivity contribution in [3.05, 3.63) is 18.0 Å². The molecule has 1 aromatic heterocycles. The van der Waals surface area contributed by atoms with Gasteiger partial charge in [0.05, 0.1) is 5.69 Å². The molecular formula is C11H17N3O3. The second-order valence-corrected chi connectivity index (χ2v) is 3.92. The van der Waals surface area contributed by atoms with Crippen molar-refractivity contribution in [1.29, 1.82) is 0 Å². The summed E-state index contributed by atoms with van der Waals surface area (Å²) in [6.45, 7) is 4.09. The average Bonchev–Trinajstić information content (AvgIpc) is 2.76. The van der Waals surface area contributed by atoms with Crippen LogP contribution in [-0.4, -0.2) is 33.3 Å². The van der Waals surface area contributed by atoms with Crippen LogP contribution >= 0.6 is 0 Å². The minimum Gasteiger partial charge on any atom is -0.480 e. The van der Waals surface area contributed by atoms with Crippen molar-refractivity contribution in [3.63, 3.8) is 0 Å². The van der Waals surface area contributed by atoms with E-state index in [0.717, 1.165) is 6.42 Å². The van der Waals surface area contributed by atoms with Gasteiger partial charge < -0.3 is 10.4 Å². The van der Waals surface area contributed by atoms with Gasteiger partial charge in [0.25, 0.3) is 0 Å². The van der Waals surface area contributed by atoms with Crippen LogP contribution in [0.2, 0.25) is 0 Å². The molecule has 6 heteroatoms. The van der Waals surface area contributed by atoms with Crippen LogP contribution in [0.4, 0.5) is 0 Å². The normalized spacial score (nSPS) is 14.0. The first-order valence-electron chi connectivity index (χ1n) is 5.55. The quantitative estimate of drug-likeness (QED) is 0.682. The molecule has 2 unspecified atom stereocenters. The fraction of sp³-hybridized carbons (Fsp3) is 0.545. The van der Waals surface area contributed by atoms with Crippen molar-refractivity contribution in [3.8, 4) is 0 Å². The molecular weight excluding hydrogens is 222 g/mol. The minimum atomic E-state index is -1.06. The fourth-order valence-corrected chi connectivity index (χ4v) is 1.43. The Morgan fingerprint density at radius 1 is 1.71 bits per heavy atom. The lowest BCUT2D eigenvalue weighted by atomic mass is 10.1. The van der Waals surface area contributed by atoms with Crippen molar-refractivity contribution in [2.75, 3.05) is 0 Å². The number of carboxylic acid groups (broad SMARTS) is 1. The Labute approximate surface area is 99.6 Å². The first-order valence-corrected chi connectivity index (χ1v) is 5.55. The summed E-state index contributed by atoms with van der Waals surface area (Å²) in [7, 11) is 0. The molecule has 0 aliphatic rings. The molecule has 1 amide bonds. The van der Waals surface area contributed by atoms with Crippen LogP contribution < -0.4 is 5.32 Å². The molecule has 0 saturated heterocycles. The van der Waals surface area contributed by atoms with E-state index in [4.69, 9.17) is 5.11 Å². The van der Waals surface area contributed by atoms with E-state index >= 15 is 0 Å². The zero-order valence-electron chi connectivity index (χ0n) is 9.96. The third kappa shape index (κ3) is 3.58.